The van der Waals surface area contributed by atoms with Gasteiger partial charge in [-0.25, -0.2) is 0 Å². The standard InChI is InChI=1S/C17H22ClNO4/c1-2-3-8-23-11-16(20)19-9-14(15(10-19)17(21)22)12-4-6-13(18)7-5-12/h4-7,14-15H,2-3,8-11H2,1H3,(H,21,22)/t14-,15+/m0/s1. The van der Waals surface area contributed by atoms with E-state index in [1.165, 1.54) is 0 Å². The molecule has 1 saturated heterocycles. The first kappa shape index (κ1) is 17.8. The van der Waals surface area contributed by atoms with E-state index in [0.717, 1.165) is 18.4 Å². The molecule has 6 heteroatoms. The van der Waals surface area contributed by atoms with Gasteiger partial charge in [0.15, 0.2) is 0 Å². The van der Waals surface area contributed by atoms with E-state index in [1.807, 2.05) is 12.1 Å². The molecule has 2 atom stereocenters. The second kappa shape index (κ2) is 8.31. The van der Waals surface area contributed by atoms with Crippen LogP contribution in [0.3, 0.4) is 0 Å². The largest absolute Gasteiger partial charge is 0.481 e. The monoisotopic (exact) mass is 339 g/mol. The van der Waals surface area contributed by atoms with Gasteiger partial charge in [-0.2, -0.15) is 0 Å². The van der Waals surface area contributed by atoms with Gasteiger partial charge in [0.05, 0.1) is 5.92 Å². The maximum atomic E-state index is 12.2. The number of rotatable bonds is 7. The number of carbonyl (C=O) groups excluding carboxylic acids is 1. The Bertz CT molecular complexity index is 546. The second-order valence-electron chi connectivity index (χ2n) is 5.81. The third-order valence-electron chi connectivity index (χ3n) is 4.16. The topological polar surface area (TPSA) is 66.8 Å². The van der Waals surface area contributed by atoms with Gasteiger partial charge in [-0.15, -0.1) is 0 Å². The molecule has 0 spiro atoms. The molecule has 2 rings (SSSR count). The first-order valence-corrected chi connectivity index (χ1v) is 8.24. The molecule has 1 aliphatic heterocycles. The highest BCUT2D eigenvalue weighted by molar-refractivity contribution is 6.30. The fraction of sp³-hybridized carbons (Fsp3) is 0.529. The van der Waals surface area contributed by atoms with Crippen LogP contribution < -0.4 is 0 Å². The number of ether oxygens (including phenoxy) is 1. The highest BCUT2D eigenvalue weighted by Gasteiger charge is 2.40. The lowest BCUT2D eigenvalue weighted by atomic mass is 9.89. The minimum absolute atomic E-state index is 0.0136. The number of nitrogens with zero attached hydrogens (tertiary/aromatic N) is 1. The van der Waals surface area contributed by atoms with Gasteiger partial charge in [0.25, 0.3) is 0 Å². The third-order valence-corrected chi connectivity index (χ3v) is 4.41. The van der Waals surface area contributed by atoms with Crippen LogP contribution >= 0.6 is 11.6 Å². The predicted octanol–water partition coefficient (Wildman–Crippen LogP) is 2.78. The normalized spacial score (nSPS) is 20.7. The van der Waals surface area contributed by atoms with Crippen molar-refractivity contribution in [2.75, 3.05) is 26.3 Å². The molecule has 1 aromatic carbocycles. The molecule has 1 aliphatic rings. The lowest BCUT2D eigenvalue weighted by molar-refractivity contribution is -0.142. The molecule has 126 valence electrons. The first-order valence-electron chi connectivity index (χ1n) is 7.86. The molecule has 0 saturated carbocycles. The average molecular weight is 340 g/mol. The van der Waals surface area contributed by atoms with Crippen molar-refractivity contribution < 1.29 is 19.4 Å². The number of benzene rings is 1. The van der Waals surface area contributed by atoms with Gasteiger partial charge in [-0.3, -0.25) is 9.59 Å². The fourth-order valence-corrected chi connectivity index (χ4v) is 2.93. The van der Waals surface area contributed by atoms with E-state index in [1.54, 1.807) is 17.0 Å². The average Bonchev–Trinajstić information content (AvgIpc) is 2.98. The summed E-state index contributed by atoms with van der Waals surface area (Å²) in [7, 11) is 0. The summed E-state index contributed by atoms with van der Waals surface area (Å²) in [6.45, 7) is 3.24. The maximum absolute atomic E-state index is 12.2. The zero-order valence-electron chi connectivity index (χ0n) is 13.2. The van der Waals surface area contributed by atoms with E-state index in [-0.39, 0.29) is 25.0 Å². The Morgan fingerprint density at radius 3 is 2.61 bits per heavy atom. The van der Waals surface area contributed by atoms with E-state index in [4.69, 9.17) is 16.3 Å². The van der Waals surface area contributed by atoms with Crippen LogP contribution in [0.2, 0.25) is 5.02 Å². The lowest BCUT2D eigenvalue weighted by Crippen LogP contribution is -2.33. The number of carboxylic acid groups (broad SMARTS) is 1. The van der Waals surface area contributed by atoms with Crippen molar-refractivity contribution in [3.63, 3.8) is 0 Å². The number of aliphatic carboxylic acids is 1. The summed E-state index contributed by atoms with van der Waals surface area (Å²) in [6.07, 6.45) is 1.93. The molecule has 1 amide bonds. The SMILES string of the molecule is CCCCOCC(=O)N1C[C@@H](C(=O)O)[C@H](c2ccc(Cl)cc2)C1. The Kier molecular flexibility index (Phi) is 6.42. The van der Waals surface area contributed by atoms with Crippen molar-refractivity contribution in [1.82, 2.24) is 4.90 Å². The minimum atomic E-state index is -0.882. The molecule has 1 aromatic rings. The fourth-order valence-electron chi connectivity index (χ4n) is 2.80. The summed E-state index contributed by atoms with van der Waals surface area (Å²) in [6, 6.07) is 7.14. The second-order valence-corrected chi connectivity index (χ2v) is 6.24. The number of carboxylic acids is 1. The number of hydrogen-bond donors (Lipinski definition) is 1. The zero-order valence-corrected chi connectivity index (χ0v) is 14.0. The Hall–Kier alpha value is -1.59. The number of carbonyl (C=O) groups is 2. The highest BCUT2D eigenvalue weighted by atomic mass is 35.5. The van der Waals surface area contributed by atoms with Crippen LogP contribution in [0.15, 0.2) is 24.3 Å². The summed E-state index contributed by atoms with van der Waals surface area (Å²) in [5.74, 6) is -1.85. The molecule has 23 heavy (non-hydrogen) atoms. The first-order chi connectivity index (χ1) is 11.0. The van der Waals surface area contributed by atoms with Crippen LogP contribution in [0.1, 0.15) is 31.2 Å². The minimum Gasteiger partial charge on any atom is -0.481 e. The van der Waals surface area contributed by atoms with E-state index < -0.39 is 11.9 Å². The van der Waals surface area contributed by atoms with Crippen molar-refractivity contribution in [2.24, 2.45) is 5.92 Å². The van der Waals surface area contributed by atoms with Crippen LogP contribution in [0.5, 0.6) is 0 Å². The smallest absolute Gasteiger partial charge is 0.308 e. The molecule has 0 bridgehead atoms. The molecule has 0 aromatic heterocycles. The van der Waals surface area contributed by atoms with Gasteiger partial charge in [-0.1, -0.05) is 37.1 Å². The van der Waals surface area contributed by atoms with Crippen LogP contribution in [-0.4, -0.2) is 48.2 Å². The maximum Gasteiger partial charge on any atom is 0.308 e. The number of hydrogen-bond acceptors (Lipinski definition) is 3. The van der Waals surface area contributed by atoms with Gasteiger partial charge in [0, 0.05) is 30.6 Å². The highest BCUT2D eigenvalue weighted by Crippen LogP contribution is 2.33. The molecule has 0 aliphatic carbocycles. The van der Waals surface area contributed by atoms with E-state index >= 15 is 0 Å². The zero-order chi connectivity index (χ0) is 16.8. The summed E-state index contributed by atoms with van der Waals surface area (Å²) < 4.78 is 5.34. The van der Waals surface area contributed by atoms with Gasteiger partial charge >= 0.3 is 5.97 Å². The molecule has 0 unspecified atom stereocenters. The van der Waals surface area contributed by atoms with Crippen molar-refractivity contribution in [3.05, 3.63) is 34.9 Å². The number of unbranched alkanes of at least 4 members (excludes halogenated alkanes) is 1. The molecule has 1 N–H and O–H groups in total. The van der Waals surface area contributed by atoms with Crippen LogP contribution in [-0.2, 0) is 14.3 Å². The number of halogens is 1. The quantitative estimate of drug-likeness (QED) is 0.776. The number of likely N-dealkylation sites (tertiary alicyclic amines) is 1. The molecule has 1 heterocycles. The number of amides is 1. The van der Waals surface area contributed by atoms with E-state index in [2.05, 4.69) is 6.92 Å². The van der Waals surface area contributed by atoms with Crippen LogP contribution in [0.4, 0.5) is 0 Å². The lowest BCUT2D eigenvalue weighted by Gasteiger charge is -2.16. The molecule has 1 fully saturated rings. The molecular formula is C17H22ClNO4. The van der Waals surface area contributed by atoms with Crippen molar-refractivity contribution in [3.8, 4) is 0 Å². The van der Waals surface area contributed by atoms with Crippen molar-refractivity contribution in [1.29, 1.82) is 0 Å². The summed E-state index contributed by atoms with van der Waals surface area (Å²) in [4.78, 5) is 25.3. The summed E-state index contributed by atoms with van der Waals surface area (Å²) in [5, 5.41) is 10.1. The van der Waals surface area contributed by atoms with Crippen LogP contribution in [0, 0.1) is 5.92 Å². The summed E-state index contributed by atoms with van der Waals surface area (Å²) in [5.41, 5.74) is 0.893. The third kappa shape index (κ3) is 4.69. The predicted molar refractivity (Wildman–Crippen MR) is 87.6 cm³/mol. The van der Waals surface area contributed by atoms with E-state index in [0.29, 0.717) is 18.2 Å². The molecular weight excluding hydrogens is 318 g/mol. The Morgan fingerprint density at radius 1 is 1.30 bits per heavy atom. The van der Waals surface area contributed by atoms with Gasteiger partial charge in [-0.05, 0) is 24.1 Å². The van der Waals surface area contributed by atoms with Gasteiger partial charge < -0.3 is 14.7 Å². The van der Waals surface area contributed by atoms with Crippen LogP contribution in [0.25, 0.3) is 0 Å². The molecule has 0 radical (unpaired) electrons. The van der Waals surface area contributed by atoms with Crippen molar-refractivity contribution in [2.45, 2.75) is 25.7 Å². The Balaban J connectivity index is 2.01. The van der Waals surface area contributed by atoms with Gasteiger partial charge in [0.2, 0.25) is 5.91 Å². The Morgan fingerprint density at radius 2 is 2.00 bits per heavy atom. The Labute approximate surface area is 141 Å². The van der Waals surface area contributed by atoms with Gasteiger partial charge in [0.1, 0.15) is 6.61 Å². The van der Waals surface area contributed by atoms with Crippen molar-refractivity contribution >= 4 is 23.5 Å². The van der Waals surface area contributed by atoms with E-state index in [9.17, 15) is 14.7 Å². The summed E-state index contributed by atoms with van der Waals surface area (Å²) >= 11 is 5.88. The molecule has 5 nitrogen and oxygen atoms in total.